The molecular formula is C16H23N3OS. The molecule has 0 radical (unpaired) electrons. The van der Waals surface area contributed by atoms with Gasteiger partial charge in [0.2, 0.25) is 5.91 Å². The lowest BCUT2D eigenvalue weighted by Gasteiger charge is -2.30. The van der Waals surface area contributed by atoms with Crippen LogP contribution in [0.5, 0.6) is 0 Å². The molecule has 1 atom stereocenters. The number of fused-ring (bicyclic) bond motifs is 1. The third-order valence-corrected chi connectivity index (χ3v) is 5.29. The lowest BCUT2D eigenvalue weighted by Crippen LogP contribution is -2.42. The van der Waals surface area contributed by atoms with Crippen LogP contribution in [0.4, 0.5) is 5.69 Å². The quantitative estimate of drug-likeness (QED) is 0.918. The summed E-state index contributed by atoms with van der Waals surface area (Å²) in [4.78, 5) is 18.1. The fourth-order valence-electron chi connectivity index (χ4n) is 3.22. The Morgan fingerprint density at radius 1 is 1.38 bits per heavy atom. The largest absolute Gasteiger partial charge is 0.319 e. The number of likely N-dealkylation sites (tertiary alicyclic amines) is 1. The van der Waals surface area contributed by atoms with Crippen molar-refractivity contribution in [3.05, 3.63) is 24.3 Å². The lowest BCUT2D eigenvalue weighted by atomic mass is 10.1. The molecule has 2 aliphatic rings. The van der Waals surface area contributed by atoms with Gasteiger partial charge in [0.15, 0.2) is 0 Å². The number of benzene rings is 1. The Morgan fingerprint density at radius 2 is 2.24 bits per heavy atom. The Morgan fingerprint density at radius 3 is 3.10 bits per heavy atom. The molecule has 1 N–H and O–H groups in total. The molecule has 4 nitrogen and oxygen atoms in total. The SMILES string of the molecule is CNCC1CCN(CC(=O)N2CCSc3ccccc32)C1. The first kappa shape index (κ1) is 14.9. The van der Waals surface area contributed by atoms with E-state index in [4.69, 9.17) is 0 Å². The van der Waals surface area contributed by atoms with Crippen LogP contribution < -0.4 is 10.2 Å². The highest BCUT2D eigenvalue weighted by Crippen LogP contribution is 2.34. The molecule has 0 aliphatic carbocycles. The predicted octanol–water partition coefficient (Wildman–Crippen LogP) is 1.67. The van der Waals surface area contributed by atoms with Gasteiger partial charge >= 0.3 is 0 Å². The Balaban J connectivity index is 1.62. The second-order valence-corrected chi connectivity index (χ2v) is 6.95. The van der Waals surface area contributed by atoms with Gasteiger partial charge in [-0.1, -0.05) is 12.1 Å². The molecule has 1 unspecified atom stereocenters. The summed E-state index contributed by atoms with van der Waals surface area (Å²) in [5.41, 5.74) is 1.09. The van der Waals surface area contributed by atoms with E-state index in [1.165, 1.54) is 11.3 Å². The van der Waals surface area contributed by atoms with E-state index in [-0.39, 0.29) is 5.91 Å². The van der Waals surface area contributed by atoms with Crippen molar-refractivity contribution in [1.29, 1.82) is 0 Å². The second-order valence-electron chi connectivity index (χ2n) is 5.81. The number of para-hydroxylation sites is 1. The first-order chi connectivity index (χ1) is 10.3. The van der Waals surface area contributed by atoms with Crippen molar-refractivity contribution >= 4 is 23.4 Å². The predicted molar refractivity (Wildman–Crippen MR) is 88.0 cm³/mol. The van der Waals surface area contributed by atoms with Crippen LogP contribution in [0.15, 0.2) is 29.2 Å². The zero-order chi connectivity index (χ0) is 14.7. The number of hydrogen-bond donors (Lipinski definition) is 1. The number of hydrogen-bond acceptors (Lipinski definition) is 4. The van der Waals surface area contributed by atoms with Gasteiger partial charge in [-0.2, -0.15) is 0 Å². The van der Waals surface area contributed by atoms with Crippen LogP contribution in [0, 0.1) is 5.92 Å². The first-order valence-electron chi connectivity index (χ1n) is 7.67. The van der Waals surface area contributed by atoms with Crippen LogP contribution in [-0.2, 0) is 4.79 Å². The molecule has 1 amide bonds. The van der Waals surface area contributed by atoms with Gasteiger partial charge in [0.05, 0.1) is 12.2 Å². The number of nitrogens with zero attached hydrogens (tertiary/aromatic N) is 2. The van der Waals surface area contributed by atoms with E-state index < -0.39 is 0 Å². The summed E-state index contributed by atoms with van der Waals surface area (Å²) in [7, 11) is 2.00. The molecule has 1 saturated heterocycles. The maximum Gasteiger partial charge on any atom is 0.241 e. The molecule has 5 heteroatoms. The number of nitrogens with one attached hydrogen (secondary N) is 1. The van der Waals surface area contributed by atoms with Crippen molar-refractivity contribution in [2.24, 2.45) is 5.92 Å². The summed E-state index contributed by atoms with van der Waals surface area (Å²) in [6.07, 6.45) is 1.19. The van der Waals surface area contributed by atoms with Crippen LogP contribution in [0.2, 0.25) is 0 Å². The van der Waals surface area contributed by atoms with Crippen LogP contribution >= 0.6 is 11.8 Å². The van der Waals surface area contributed by atoms with Gasteiger partial charge in [0, 0.05) is 23.7 Å². The first-order valence-corrected chi connectivity index (χ1v) is 8.65. The summed E-state index contributed by atoms with van der Waals surface area (Å²) >= 11 is 1.84. The van der Waals surface area contributed by atoms with Gasteiger partial charge in [0.25, 0.3) is 0 Å². The minimum atomic E-state index is 0.243. The van der Waals surface area contributed by atoms with E-state index in [9.17, 15) is 4.79 Å². The number of rotatable bonds is 4. The molecule has 1 fully saturated rings. The monoisotopic (exact) mass is 305 g/mol. The molecule has 0 saturated carbocycles. The normalized spacial score (nSPS) is 22.3. The van der Waals surface area contributed by atoms with Gasteiger partial charge < -0.3 is 10.2 Å². The van der Waals surface area contributed by atoms with Crippen molar-refractivity contribution in [1.82, 2.24) is 10.2 Å². The standard InChI is InChI=1S/C16H23N3OS/c1-17-10-13-6-7-18(11-13)12-16(20)19-8-9-21-15-5-3-2-4-14(15)19/h2-5,13,17H,6-12H2,1H3. The summed E-state index contributed by atoms with van der Waals surface area (Å²) < 4.78 is 0. The molecule has 0 aromatic heterocycles. The van der Waals surface area contributed by atoms with Crippen LogP contribution in [0.1, 0.15) is 6.42 Å². The highest BCUT2D eigenvalue weighted by molar-refractivity contribution is 7.99. The third kappa shape index (κ3) is 3.42. The van der Waals surface area contributed by atoms with E-state index >= 15 is 0 Å². The van der Waals surface area contributed by atoms with Crippen molar-refractivity contribution in [2.45, 2.75) is 11.3 Å². The van der Waals surface area contributed by atoms with E-state index in [0.717, 1.165) is 37.6 Å². The van der Waals surface area contributed by atoms with Gasteiger partial charge in [-0.3, -0.25) is 9.69 Å². The fraction of sp³-hybridized carbons (Fsp3) is 0.562. The van der Waals surface area contributed by atoms with Gasteiger partial charge in [-0.15, -0.1) is 11.8 Å². The third-order valence-electron chi connectivity index (χ3n) is 4.25. The van der Waals surface area contributed by atoms with Gasteiger partial charge in [-0.25, -0.2) is 0 Å². The number of carbonyl (C=O) groups excluding carboxylic acids is 1. The zero-order valence-corrected chi connectivity index (χ0v) is 13.4. The van der Waals surface area contributed by atoms with Crippen molar-refractivity contribution < 1.29 is 4.79 Å². The summed E-state index contributed by atoms with van der Waals surface area (Å²) in [5.74, 6) is 1.92. The van der Waals surface area contributed by atoms with E-state index in [0.29, 0.717) is 12.5 Å². The molecule has 1 aromatic carbocycles. The Bertz CT molecular complexity index is 508. The molecule has 21 heavy (non-hydrogen) atoms. The van der Waals surface area contributed by atoms with Crippen molar-refractivity contribution in [3.63, 3.8) is 0 Å². The second kappa shape index (κ2) is 6.81. The summed E-state index contributed by atoms with van der Waals surface area (Å²) in [6, 6.07) is 8.23. The number of thioether (sulfide) groups is 1. The topological polar surface area (TPSA) is 35.6 Å². The highest BCUT2D eigenvalue weighted by Gasteiger charge is 2.27. The summed E-state index contributed by atoms with van der Waals surface area (Å²) in [6.45, 7) is 4.51. The smallest absolute Gasteiger partial charge is 0.241 e. The lowest BCUT2D eigenvalue weighted by molar-refractivity contribution is -0.119. The average Bonchev–Trinajstić information content (AvgIpc) is 2.94. The maximum atomic E-state index is 12.6. The Labute approximate surface area is 130 Å². The van der Waals surface area contributed by atoms with E-state index in [2.05, 4.69) is 22.3 Å². The highest BCUT2D eigenvalue weighted by atomic mass is 32.2. The number of amides is 1. The van der Waals surface area contributed by atoms with Crippen molar-refractivity contribution in [2.75, 3.05) is 50.4 Å². The molecule has 2 aliphatic heterocycles. The Hall–Kier alpha value is -1.04. The average molecular weight is 305 g/mol. The zero-order valence-electron chi connectivity index (χ0n) is 12.5. The minimum absolute atomic E-state index is 0.243. The molecule has 3 rings (SSSR count). The fourth-order valence-corrected chi connectivity index (χ4v) is 4.21. The molecular weight excluding hydrogens is 282 g/mol. The van der Waals surface area contributed by atoms with Crippen LogP contribution in [-0.4, -0.2) is 56.3 Å². The molecule has 1 aromatic rings. The molecule has 0 spiro atoms. The van der Waals surface area contributed by atoms with Crippen molar-refractivity contribution in [3.8, 4) is 0 Å². The maximum absolute atomic E-state index is 12.6. The molecule has 0 bridgehead atoms. The van der Waals surface area contributed by atoms with Gasteiger partial charge in [-0.05, 0) is 44.6 Å². The van der Waals surface area contributed by atoms with Crippen LogP contribution in [0.25, 0.3) is 0 Å². The number of anilines is 1. The number of carbonyl (C=O) groups is 1. The van der Waals surface area contributed by atoms with E-state index in [1.54, 1.807) is 0 Å². The molecule has 114 valence electrons. The minimum Gasteiger partial charge on any atom is -0.319 e. The van der Waals surface area contributed by atoms with Gasteiger partial charge in [0.1, 0.15) is 0 Å². The van der Waals surface area contributed by atoms with Crippen LogP contribution in [0.3, 0.4) is 0 Å². The van der Waals surface area contributed by atoms with E-state index in [1.807, 2.05) is 35.8 Å². The summed E-state index contributed by atoms with van der Waals surface area (Å²) in [5, 5.41) is 3.24. The molecule has 2 heterocycles. The Kier molecular flexibility index (Phi) is 4.83.